The molecule has 0 radical (unpaired) electrons. The van der Waals surface area contributed by atoms with Gasteiger partial charge in [-0.05, 0) is 57.7 Å². The summed E-state index contributed by atoms with van der Waals surface area (Å²) in [5.41, 5.74) is 2.95. The third kappa shape index (κ3) is 4.50. The number of rotatable bonds is 6. The molecule has 1 heterocycles. The van der Waals surface area contributed by atoms with E-state index >= 15 is 0 Å². The molecule has 2 unspecified atom stereocenters. The van der Waals surface area contributed by atoms with Crippen molar-refractivity contribution in [2.45, 2.75) is 57.1 Å². The zero-order chi connectivity index (χ0) is 17.8. The molecule has 2 heteroatoms. The van der Waals surface area contributed by atoms with E-state index in [0.29, 0.717) is 6.04 Å². The van der Waals surface area contributed by atoms with Gasteiger partial charge in [0.2, 0.25) is 0 Å². The fourth-order valence-electron chi connectivity index (χ4n) is 4.26. The molecular formula is C23H31NO. The molecule has 2 aromatic carbocycles. The molecule has 0 spiro atoms. The van der Waals surface area contributed by atoms with Crippen LogP contribution < -0.4 is 5.32 Å². The molecule has 0 amide bonds. The Morgan fingerprint density at radius 3 is 2.28 bits per heavy atom. The number of benzene rings is 2. The maximum Gasteiger partial charge on any atom is 0.0635 e. The Labute approximate surface area is 152 Å². The van der Waals surface area contributed by atoms with Gasteiger partial charge in [-0.3, -0.25) is 0 Å². The van der Waals surface area contributed by atoms with E-state index in [-0.39, 0.29) is 11.0 Å². The smallest absolute Gasteiger partial charge is 0.0635 e. The molecule has 134 valence electrons. The van der Waals surface area contributed by atoms with Crippen LogP contribution in [-0.4, -0.2) is 18.8 Å². The van der Waals surface area contributed by atoms with Gasteiger partial charge in [0, 0.05) is 18.1 Å². The highest BCUT2D eigenvalue weighted by Crippen LogP contribution is 2.43. The molecule has 25 heavy (non-hydrogen) atoms. The molecule has 2 aromatic rings. The van der Waals surface area contributed by atoms with Crippen LogP contribution in [0.15, 0.2) is 60.7 Å². The molecular weight excluding hydrogens is 306 g/mol. The Morgan fingerprint density at radius 2 is 1.64 bits per heavy atom. The summed E-state index contributed by atoms with van der Waals surface area (Å²) >= 11 is 0. The summed E-state index contributed by atoms with van der Waals surface area (Å²) in [6.07, 6.45) is 3.31. The van der Waals surface area contributed by atoms with Crippen LogP contribution in [0.2, 0.25) is 0 Å². The van der Waals surface area contributed by atoms with Gasteiger partial charge in [0.1, 0.15) is 0 Å². The predicted octanol–water partition coefficient (Wildman–Crippen LogP) is 5.25. The van der Waals surface area contributed by atoms with Crippen LogP contribution in [0.1, 0.15) is 57.2 Å². The van der Waals surface area contributed by atoms with Gasteiger partial charge < -0.3 is 10.1 Å². The molecule has 2 nitrogen and oxygen atoms in total. The largest absolute Gasteiger partial charge is 0.376 e. The van der Waals surface area contributed by atoms with E-state index in [4.69, 9.17) is 4.74 Å². The van der Waals surface area contributed by atoms with Gasteiger partial charge in [0.05, 0.1) is 5.60 Å². The number of hydrogen-bond acceptors (Lipinski definition) is 2. The van der Waals surface area contributed by atoms with E-state index in [1.54, 1.807) is 0 Å². The lowest BCUT2D eigenvalue weighted by molar-refractivity contribution is -0.0840. The molecule has 0 aromatic heterocycles. The first-order valence-corrected chi connectivity index (χ1v) is 9.49. The predicted molar refractivity (Wildman–Crippen MR) is 105 cm³/mol. The van der Waals surface area contributed by atoms with Gasteiger partial charge in [-0.25, -0.2) is 0 Å². The monoisotopic (exact) mass is 337 g/mol. The van der Waals surface area contributed by atoms with E-state index in [9.17, 15) is 0 Å². The Hall–Kier alpha value is -1.64. The number of nitrogens with one attached hydrogen (secondary N) is 1. The summed E-state index contributed by atoms with van der Waals surface area (Å²) < 4.78 is 6.02. The van der Waals surface area contributed by atoms with Crippen molar-refractivity contribution < 1.29 is 4.74 Å². The quantitative estimate of drug-likeness (QED) is 0.777. The van der Waals surface area contributed by atoms with Crippen molar-refractivity contribution in [3.63, 3.8) is 0 Å². The molecule has 1 N–H and O–H groups in total. The zero-order valence-electron chi connectivity index (χ0n) is 15.8. The highest BCUT2D eigenvalue weighted by molar-refractivity contribution is 5.27. The topological polar surface area (TPSA) is 21.3 Å². The van der Waals surface area contributed by atoms with Crippen LogP contribution in [0.4, 0.5) is 0 Å². The maximum absolute atomic E-state index is 6.02. The molecule has 0 bridgehead atoms. The highest BCUT2D eigenvalue weighted by atomic mass is 16.5. The van der Waals surface area contributed by atoms with E-state index < -0.39 is 0 Å². The Balaban J connectivity index is 1.71. The molecule has 0 aliphatic carbocycles. The van der Waals surface area contributed by atoms with E-state index in [1.807, 2.05) is 0 Å². The number of hydrogen-bond donors (Lipinski definition) is 1. The minimum Gasteiger partial charge on any atom is -0.376 e. The normalized spacial score (nSPS) is 24.0. The lowest BCUT2D eigenvalue weighted by atomic mass is 9.67. The van der Waals surface area contributed by atoms with Crippen molar-refractivity contribution in [2.75, 3.05) is 13.2 Å². The van der Waals surface area contributed by atoms with Gasteiger partial charge in [-0.1, -0.05) is 60.7 Å². The first kappa shape index (κ1) is 18.2. The summed E-state index contributed by atoms with van der Waals surface area (Å²) in [5.74, 6) is 0. The minimum atomic E-state index is -0.0564. The van der Waals surface area contributed by atoms with Gasteiger partial charge in [-0.2, -0.15) is 0 Å². The third-order valence-electron chi connectivity index (χ3n) is 5.58. The lowest BCUT2D eigenvalue weighted by Crippen LogP contribution is -2.45. The standard InChI is InChI=1S/C23H31NO/c1-19(20-10-6-4-7-11-20)24-16-14-23(21-12-8-5-9-13-21)15-17-25-22(2,3)18-23/h4-13,19,24H,14-18H2,1-3H3. The van der Waals surface area contributed by atoms with Crippen molar-refractivity contribution >= 4 is 0 Å². The lowest BCUT2D eigenvalue weighted by Gasteiger charge is -2.45. The molecule has 1 aliphatic heterocycles. The first-order valence-electron chi connectivity index (χ1n) is 9.49. The second-order valence-corrected chi connectivity index (χ2v) is 8.02. The SMILES string of the molecule is CC(NCCC1(c2ccccc2)CCOC(C)(C)C1)c1ccccc1. The molecule has 2 atom stereocenters. The highest BCUT2D eigenvalue weighted by Gasteiger charge is 2.41. The average Bonchev–Trinajstić information content (AvgIpc) is 2.62. The van der Waals surface area contributed by atoms with Gasteiger partial charge in [0.15, 0.2) is 0 Å². The van der Waals surface area contributed by atoms with E-state index in [0.717, 1.165) is 32.4 Å². The Morgan fingerprint density at radius 1 is 1.00 bits per heavy atom. The summed E-state index contributed by atoms with van der Waals surface area (Å²) in [5, 5.41) is 3.73. The molecule has 1 fully saturated rings. The van der Waals surface area contributed by atoms with Crippen molar-refractivity contribution in [3.05, 3.63) is 71.8 Å². The van der Waals surface area contributed by atoms with Crippen molar-refractivity contribution in [1.29, 1.82) is 0 Å². The average molecular weight is 338 g/mol. The van der Waals surface area contributed by atoms with Crippen molar-refractivity contribution in [1.82, 2.24) is 5.32 Å². The van der Waals surface area contributed by atoms with Crippen LogP contribution in [0, 0.1) is 0 Å². The zero-order valence-corrected chi connectivity index (χ0v) is 15.8. The van der Waals surface area contributed by atoms with Crippen LogP contribution in [0.3, 0.4) is 0 Å². The fourth-order valence-corrected chi connectivity index (χ4v) is 4.26. The van der Waals surface area contributed by atoms with Crippen molar-refractivity contribution in [3.8, 4) is 0 Å². The Bertz CT molecular complexity index is 652. The summed E-state index contributed by atoms with van der Waals surface area (Å²) in [4.78, 5) is 0. The first-order chi connectivity index (χ1) is 12.0. The second-order valence-electron chi connectivity index (χ2n) is 8.02. The molecule has 1 saturated heterocycles. The summed E-state index contributed by atoms with van der Waals surface area (Å²) in [6.45, 7) is 8.56. The Kier molecular flexibility index (Phi) is 5.61. The summed E-state index contributed by atoms with van der Waals surface area (Å²) in [7, 11) is 0. The molecule has 1 aliphatic rings. The van der Waals surface area contributed by atoms with Crippen LogP contribution >= 0.6 is 0 Å². The van der Waals surface area contributed by atoms with Crippen LogP contribution in [-0.2, 0) is 10.2 Å². The van der Waals surface area contributed by atoms with Gasteiger partial charge >= 0.3 is 0 Å². The number of ether oxygens (including phenoxy) is 1. The third-order valence-corrected chi connectivity index (χ3v) is 5.58. The van der Waals surface area contributed by atoms with Gasteiger partial charge in [-0.15, -0.1) is 0 Å². The van der Waals surface area contributed by atoms with Crippen LogP contribution in [0.25, 0.3) is 0 Å². The minimum absolute atomic E-state index is 0.0564. The second kappa shape index (κ2) is 7.72. The summed E-state index contributed by atoms with van der Waals surface area (Å²) in [6, 6.07) is 22.1. The fraction of sp³-hybridized carbons (Fsp3) is 0.478. The maximum atomic E-state index is 6.02. The van der Waals surface area contributed by atoms with E-state index in [1.165, 1.54) is 11.1 Å². The van der Waals surface area contributed by atoms with Crippen molar-refractivity contribution in [2.24, 2.45) is 0 Å². The van der Waals surface area contributed by atoms with E-state index in [2.05, 4.69) is 86.8 Å². The van der Waals surface area contributed by atoms with Gasteiger partial charge in [0.25, 0.3) is 0 Å². The molecule has 0 saturated carbocycles. The van der Waals surface area contributed by atoms with Crippen LogP contribution in [0.5, 0.6) is 0 Å². The molecule has 3 rings (SSSR count).